The number of aliphatic hydroxyl groups is 1. The third-order valence-electron chi connectivity index (χ3n) is 4.40. The third kappa shape index (κ3) is 6.24. The molecule has 1 rings (SSSR count). The molecule has 0 saturated carbocycles. The number of hydrogen-bond acceptors (Lipinski definition) is 3. The van der Waals surface area contributed by atoms with E-state index in [-0.39, 0.29) is 12.1 Å². The van der Waals surface area contributed by atoms with E-state index in [1.54, 1.807) is 0 Å². The normalized spacial score (nSPS) is 23.5. The second kappa shape index (κ2) is 7.05. The Bertz CT molecular complexity index is 255. The molecule has 3 heteroatoms. The van der Waals surface area contributed by atoms with Gasteiger partial charge in [0, 0.05) is 11.6 Å². The predicted octanol–water partition coefficient (Wildman–Crippen LogP) is 2.64. The SMILES string of the molecule is CC(C)NC(C)(CO)CCCN1CCC(C)(C)CC1. The van der Waals surface area contributed by atoms with E-state index in [0.717, 1.165) is 12.8 Å². The van der Waals surface area contributed by atoms with E-state index in [4.69, 9.17) is 0 Å². The molecule has 1 atom stereocenters. The minimum Gasteiger partial charge on any atom is -0.394 e. The van der Waals surface area contributed by atoms with E-state index < -0.39 is 0 Å². The molecule has 1 aliphatic heterocycles. The third-order valence-corrected chi connectivity index (χ3v) is 4.40. The van der Waals surface area contributed by atoms with E-state index in [9.17, 15) is 5.11 Å². The molecule has 0 radical (unpaired) electrons. The lowest BCUT2D eigenvalue weighted by atomic mass is 9.82. The van der Waals surface area contributed by atoms with E-state index in [1.807, 2.05) is 0 Å². The molecule has 1 unspecified atom stereocenters. The average molecular weight is 270 g/mol. The topological polar surface area (TPSA) is 35.5 Å². The number of piperidine rings is 1. The fourth-order valence-electron chi connectivity index (χ4n) is 2.97. The van der Waals surface area contributed by atoms with Crippen molar-refractivity contribution in [3.8, 4) is 0 Å². The minimum atomic E-state index is -0.122. The summed E-state index contributed by atoms with van der Waals surface area (Å²) >= 11 is 0. The van der Waals surface area contributed by atoms with Crippen LogP contribution in [0.3, 0.4) is 0 Å². The molecule has 1 saturated heterocycles. The van der Waals surface area contributed by atoms with Crippen molar-refractivity contribution in [3.63, 3.8) is 0 Å². The highest BCUT2D eigenvalue weighted by atomic mass is 16.3. The first-order valence-corrected chi connectivity index (χ1v) is 7.87. The molecule has 0 bridgehead atoms. The molecule has 0 aromatic carbocycles. The molecule has 1 fully saturated rings. The van der Waals surface area contributed by atoms with Crippen LogP contribution in [0.25, 0.3) is 0 Å². The molecule has 1 aliphatic rings. The molecule has 0 aromatic heterocycles. The van der Waals surface area contributed by atoms with Crippen molar-refractivity contribution >= 4 is 0 Å². The highest BCUT2D eigenvalue weighted by molar-refractivity contribution is 4.85. The maximum absolute atomic E-state index is 9.56. The van der Waals surface area contributed by atoms with Gasteiger partial charge < -0.3 is 15.3 Å². The quantitative estimate of drug-likeness (QED) is 0.746. The lowest BCUT2D eigenvalue weighted by Crippen LogP contribution is -2.49. The van der Waals surface area contributed by atoms with Crippen LogP contribution in [0.4, 0.5) is 0 Å². The molecule has 1 heterocycles. The van der Waals surface area contributed by atoms with Crippen molar-refractivity contribution in [1.29, 1.82) is 0 Å². The zero-order valence-corrected chi connectivity index (χ0v) is 13.6. The van der Waals surface area contributed by atoms with E-state index in [1.165, 1.54) is 32.5 Å². The molecule has 19 heavy (non-hydrogen) atoms. The van der Waals surface area contributed by atoms with E-state index in [2.05, 4.69) is 44.8 Å². The predicted molar refractivity (Wildman–Crippen MR) is 82.5 cm³/mol. The molecule has 3 nitrogen and oxygen atoms in total. The number of hydrogen-bond donors (Lipinski definition) is 2. The van der Waals surface area contributed by atoms with Crippen LogP contribution >= 0.6 is 0 Å². The Balaban J connectivity index is 2.26. The van der Waals surface area contributed by atoms with Gasteiger partial charge in [0.1, 0.15) is 0 Å². The lowest BCUT2D eigenvalue weighted by Gasteiger charge is -2.38. The van der Waals surface area contributed by atoms with Crippen LogP contribution in [0.2, 0.25) is 0 Å². The van der Waals surface area contributed by atoms with Crippen LogP contribution < -0.4 is 5.32 Å². The van der Waals surface area contributed by atoms with Crippen LogP contribution in [-0.2, 0) is 0 Å². The molecule has 0 amide bonds. The first kappa shape index (κ1) is 16.9. The zero-order chi connectivity index (χ0) is 14.5. The van der Waals surface area contributed by atoms with Gasteiger partial charge in [-0.05, 0) is 57.7 Å². The zero-order valence-electron chi connectivity index (χ0n) is 13.6. The number of rotatable bonds is 7. The Hall–Kier alpha value is -0.120. The van der Waals surface area contributed by atoms with Gasteiger partial charge in [-0.3, -0.25) is 0 Å². The van der Waals surface area contributed by atoms with Crippen LogP contribution in [0.15, 0.2) is 0 Å². The van der Waals surface area contributed by atoms with Gasteiger partial charge in [0.2, 0.25) is 0 Å². The summed E-state index contributed by atoms with van der Waals surface area (Å²) < 4.78 is 0. The fraction of sp³-hybridized carbons (Fsp3) is 1.00. The van der Waals surface area contributed by atoms with Gasteiger partial charge in [0.25, 0.3) is 0 Å². The van der Waals surface area contributed by atoms with Gasteiger partial charge in [0.15, 0.2) is 0 Å². The van der Waals surface area contributed by atoms with Crippen LogP contribution in [0, 0.1) is 5.41 Å². The Morgan fingerprint density at radius 3 is 2.32 bits per heavy atom. The van der Waals surface area contributed by atoms with Crippen molar-refractivity contribution < 1.29 is 5.11 Å². The van der Waals surface area contributed by atoms with Gasteiger partial charge in [-0.1, -0.05) is 27.7 Å². The molecular weight excluding hydrogens is 236 g/mol. The van der Waals surface area contributed by atoms with Crippen molar-refractivity contribution in [1.82, 2.24) is 10.2 Å². The van der Waals surface area contributed by atoms with Gasteiger partial charge in [-0.15, -0.1) is 0 Å². The highest BCUT2D eigenvalue weighted by Crippen LogP contribution is 2.29. The first-order chi connectivity index (χ1) is 8.76. The summed E-state index contributed by atoms with van der Waals surface area (Å²) in [5.74, 6) is 0. The first-order valence-electron chi connectivity index (χ1n) is 7.87. The van der Waals surface area contributed by atoms with Crippen LogP contribution in [0.1, 0.15) is 60.3 Å². The Labute approximate surface area is 119 Å². The summed E-state index contributed by atoms with van der Waals surface area (Å²) in [7, 11) is 0. The Morgan fingerprint density at radius 2 is 1.84 bits per heavy atom. The minimum absolute atomic E-state index is 0.122. The van der Waals surface area contributed by atoms with Gasteiger partial charge in [-0.25, -0.2) is 0 Å². The molecule has 2 N–H and O–H groups in total. The molecular formula is C16H34N2O. The van der Waals surface area contributed by atoms with E-state index in [0.29, 0.717) is 11.5 Å². The summed E-state index contributed by atoms with van der Waals surface area (Å²) in [5, 5.41) is 13.1. The summed E-state index contributed by atoms with van der Waals surface area (Å²) in [4.78, 5) is 2.58. The van der Waals surface area contributed by atoms with Crippen molar-refractivity contribution in [2.24, 2.45) is 5.41 Å². The van der Waals surface area contributed by atoms with Gasteiger partial charge >= 0.3 is 0 Å². The summed E-state index contributed by atoms with van der Waals surface area (Å²) in [6, 6.07) is 0.424. The second-order valence-electron chi connectivity index (χ2n) is 7.63. The largest absolute Gasteiger partial charge is 0.394 e. The molecule has 0 aromatic rings. The second-order valence-corrected chi connectivity index (χ2v) is 7.63. The van der Waals surface area contributed by atoms with E-state index >= 15 is 0 Å². The molecule has 0 aliphatic carbocycles. The average Bonchev–Trinajstić information content (AvgIpc) is 2.30. The maximum Gasteiger partial charge on any atom is 0.0610 e. The Kier molecular flexibility index (Phi) is 6.28. The number of nitrogens with one attached hydrogen (secondary N) is 1. The number of nitrogens with zero attached hydrogens (tertiary/aromatic N) is 1. The van der Waals surface area contributed by atoms with Gasteiger partial charge in [-0.2, -0.15) is 0 Å². The van der Waals surface area contributed by atoms with Gasteiger partial charge in [0.05, 0.1) is 6.61 Å². The van der Waals surface area contributed by atoms with Crippen molar-refractivity contribution in [2.75, 3.05) is 26.2 Å². The smallest absolute Gasteiger partial charge is 0.0610 e. The van der Waals surface area contributed by atoms with Crippen molar-refractivity contribution in [3.05, 3.63) is 0 Å². The standard InChI is InChI=1S/C16H34N2O/c1-14(2)17-16(5,13-19)7-6-10-18-11-8-15(3,4)9-12-18/h14,17,19H,6-13H2,1-5H3. The molecule has 114 valence electrons. The van der Waals surface area contributed by atoms with Crippen LogP contribution in [0.5, 0.6) is 0 Å². The lowest BCUT2D eigenvalue weighted by molar-refractivity contribution is 0.117. The number of likely N-dealkylation sites (tertiary alicyclic amines) is 1. The van der Waals surface area contributed by atoms with Crippen LogP contribution in [-0.4, -0.2) is 47.8 Å². The fourth-order valence-corrected chi connectivity index (χ4v) is 2.97. The summed E-state index contributed by atoms with van der Waals surface area (Å²) in [6.07, 6.45) is 4.84. The Morgan fingerprint density at radius 1 is 1.26 bits per heavy atom. The molecule has 0 spiro atoms. The summed E-state index contributed by atoms with van der Waals surface area (Å²) in [5.41, 5.74) is 0.415. The maximum atomic E-state index is 9.56. The van der Waals surface area contributed by atoms with Crippen molar-refractivity contribution in [2.45, 2.75) is 71.9 Å². The summed E-state index contributed by atoms with van der Waals surface area (Å²) in [6.45, 7) is 15.0. The monoisotopic (exact) mass is 270 g/mol. The number of aliphatic hydroxyl groups excluding tert-OH is 1. The highest BCUT2D eigenvalue weighted by Gasteiger charge is 2.26.